The van der Waals surface area contributed by atoms with E-state index in [0.717, 1.165) is 10.9 Å². The van der Waals surface area contributed by atoms with Crippen LogP contribution in [0.3, 0.4) is 0 Å². The molecule has 0 amide bonds. The summed E-state index contributed by atoms with van der Waals surface area (Å²) in [5.41, 5.74) is 1.50. The number of esters is 1. The fraction of sp³-hybridized carbons (Fsp3) is 0.227. The van der Waals surface area contributed by atoms with Gasteiger partial charge in [0, 0.05) is 35.0 Å². The fourth-order valence-electron chi connectivity index (χ4n) is 3.10. The number of nitriles is 1. The Morgan fingerprint density at radius 2 is 1.83 bits per heavy atom. The van der Waals surface area contributed by atoms with Crippen LogP contribution in [0.25, 0.3) is 10.9 Å². The fourth-order valence-corrected chi connectivity index (χ4v) is 4.04. The number of Topliss-reactive ketones (excluding diaryl/α,β-unsaturated/α-hetero) is 1. The molecule has 7 heteroatoms. The molecule has 2 aromatic carbocycles. The maximum Gasteiger partial charge on any atom is 0.339 e. The summed E-state index contributed by atoms with van der Waals surface area (Å²) in [6.45, 7) is 1.82. The van der Waals surface area contributed by atoms with Crippen LogP contribution >= 0.6 is 0 Å². The van der Waals surface area contributed by atoms with Gasteiger partial charge in [-0.1, -0.05) is 37.3 Å². The first-order valence-corrected chi connectivity index (χ1v) is 10.5. The van der Waals surface area contributed by atoms with E-state index in [2.05, 4.69) is 6.07 Å². The van der Waals surface area contributed by atoms with E-state index in [1.807, 2.05) is 28.8 Å². The summed E-state index contributed by atoms with van der Waals surface area (Å²) in [5.74, 6) is -0.630. The molecule has 0 aliphatic heterocycles. The number of nitrogens with zero attached hydrogens (tertiary/aromatic N) is 2. The number of fused-ring (bicyclic) bond motifs is 1. The number of hydrogen-bond donors (Lipinski definition) is 0. The van der Waals surface area contributed by atoms with Crippen LogP contribution in [0.1, 0.15) is 34.1 Å². The Morgan fingerprint density at radius 1 is 1.10 bits per heavy atom. The molecule has 6 nitrogen and oxygen atoms in total. The second-order valence-corrected chi connectivity index (χ2v) is 8.00. The first-order valence-electron chi connectivity index (χ1n) is 9.19. The van der Waals surface area contributed by atoms with Crippen molar-refractivity contribution in [1.29, 1.82) is 5.26 Å². The Labute approximate surface area is 171 Å². The predicted octanol–water partition coefficient (Wildman–Crippen LogP) is 3.72. The van der Waals surface area contributed by atoms with Crippen molar-refractivity contribution in [3.05, 3.63) is 65.9 Å². The molecule has 3 rings (SSSR count). The molecule has 1 atom stereocenters. The smallest absolute Gasteiger partial charge is 0.339 e. The number of ketones is 1. The minimum absolute atomic E-state index is 0.205. The van der Waals surface area contributed by atoms with Crippen LogP contribution in [0.2, 0.25) is 0 Å². The molecule has 0 saturated heterocycles. The molecule has 0 radical (unpaired) electrons. The van der Waals surface area contributed by atoms with E-state index in [-0.39, 0.29) is 11.3 Å². The first kappa shape index (κ1) is 20.5. The first-order chi connectivity index (χ1) is 14.1. The van der Waals surface area contributed by atoms with Gasteiger partial charge in [-0.2, -0.15) is 5.26 Å². The van der Waals surface area contributed by atoms with Crippen molar-refractivity contribution >= 4 is 33.5 Å². The lowest BCUT2D eigenvalue weighted by Gasteiger charge is -2.08. The summed E-state index contributed by atoms with van der Waals surface area (Å²) in [6, 6.07) is 16.0. The van der Waals surface area contributed by atoms with Crippen LogP contribution in [-0.4, -0.2) is 32.9 Å². The average Bonchev–Trinajstić information content (AvgIpc) is 3.14. The van der Waals surface area contributed by atoms with Crippen molar-refractivity contribution in [2.75, 3.05) is 12.4 Å². The van der Waals surface area contributed by atoms with Gasteiger partial charge in [-0.15, -0.1) is 0 Å². The summed E-state index contributed by atoms with van der Waals surface area (Å²) in [7, 11) is -1.31. The lowest BCUT2D eigenvalue weighted by molar-refractivity contribution is 0.0471. The van der Waals surface area contributed by atoms with Gasteiger partial charge in [0.25, 0.3) is 0 Å². The molecule has 1 unspecified atom stereocenters. The van der Waals surface area contributed by atoms with E-state index >= 15 is 0 Å². The quantitative estimate of drug-likeness (QED) is 0.419. The molecule has 0 N–H and O–H groups in total. The normalized spacial score (nSPS) is 11.7. The molecular weight excluding hydrogens is 388 g/mol. The Hall–Kier alpha value is -3.24. The zero-order valence-electron chi connectivity index (χ0n) is 16.0. The van der Waals surface area contributed by atoms with Crippen molar-refractivity contribution in [2.45, 2.75) is 24.8 Å². The van der Waals surface area contributed by atoms with E-state index in [1.165, 1.54) is 0 Å². The largest absolute Gasteiger partial charge is 0.454 e. The van der Waals surface area contributed by atoms with Gasteiger partial charge in [-0.3, -0.25) is 9.00 Å². The van der Waals surface area contributed by atoms with E-state index < -0.39 is 23.4 Å². The molecule has 0 fully saturated rings. The molecule has 148 valence electrons. The molecule has 3 aromatic rings. The third kappa shape index (κ3) is 4.44. The van der Waals surface area contributed by atoms with Crippen LogP contribution in [0.15, 0.2) is 59.6 Å². The molecule has 0 bridgehead atoms. The van der Waals surface area contributed by atoms with E-state index in [0.29, 0.717) is 29.2 Å². The van der Waals surface area contributed by atoms with Crippen LogP contribution in [-0.2, 0) is 22.1 Å². The number of carbonyl (C=O) groups excluding carboxylic acids is 2. The van der Waals surface area contributed by atoms with Gasteiger partial charge in [0.1, 0.15) is 0 Å². The number of aryl methyl sites for hydroxylation is 1. The second-order valence-electron chi connectivity index (χ2n) is 6.29. The highest BCUT2D eigenvalue weighted by atomic mass is 32.2. The average molecular weight is 408 g/mol. The third-order valence-electron chi connectivity index (χ3n) is 4.50. The van der Waals surface area contributed by atoms with Crippen LogP contribution < -0.4 is 0 Å². The number of hydrogen-bond acceptors (Lipinski definition) is 5. The Bertz CT molecular complexity index is 1130. The number of rotatable bonds is 8. The SMILES string of the molecule is CCS(=O)c1ccccc1C(=O)OCC(=O)c1cn(CCC#N)c2ccccc12. The minimum atomic E-state index is -1.31. The highest BCUT2D eigenvalue weighted by molar-refractivity contribution is 7.85. The second kappa shape index (κ2) is 9.30. The van der Waals surface area contributed by atoms with Crippen LogP contribution in [0.4, 0.5) is 0 Å². The Kier molecular flexibility index (Phi) is 6.57. The summed E-state index contributed by atoms with van der Waals surface area (Å²) >= 11 is 0. The summed E-state index contributed by atoms with van der Waals surface area (Å²) in [6.07, 6.45) is 2.02. The zero-order chi connectivity index (χ0) is 20.8. The minimum Gasteiger partial charge on any atom is -0.454 e. The molecule has 1 aromatic heterocycles. The third-order valence-corrected chi connectivity index (χ3v) is 5.87. The summed E-state index contributed by atoms with van der Waals surface area (Å²) in [5, 5.41) is 9.59. The van der Waals surface area contributed by atoms with Gasteiger partial charge >= 0.3 is 5.97 Å². The van der Waals surface area contributed by atoms with Crippen molar-refractivity contribution in [1.82, 2.24) is 4.57 Å². The number of carbonyl (C=O) groups is 2. The van der Waals surface area contributed by atoms with Crippen molar-refractivity contribution in [3.8, 4) is 6.07 Å². The number of para-hydroxylation sites is 1. The van der Waals surface area contributed by atoms with Gasteiger partial charge in [0.2, 0.25) is 5.78 Å². The standard InChI is InChI=1S/C22H20N2O4S/c1-2-29(27)21-11-6-4-9-17(21)22(26)28-15-20(25)18-14-24(13-7-12-23)19-10-5-3-8-16(18)19/h3-6,8-11,14H,2,7,13,15H2,1H3. The molecule has 0 aliphatic carbocycles. The number of ether oxygens (including phenoxy) is 1. The summed E-state index contributed by atoms with van der Waals surface area (Å²) in [4.78, 5) is 25.6. The zero-order valence-corrected chi connectivity index (χ0v) is 16.8. The summed E-state index contributed by atoms with van der Waals surface area (Å²) < 4.78 is 19.2. The lowest BCUT2D eigenvalue weighted by atomic mass is 10.1. The molecule has 1 heterocycles. The molecule has 0 saturated carbocycles. The van der Waals surface area contributed by atoms with Gasteiger partial charge in [-0.25, -0.2) is 4.79 Å². The maximum absolute atomic E-state index is 12.7. The highest BCUT2D eigenvalue weighted by Gasteiger charge is 2.20. The van der Waals surface area contributed by atoms with E-state index in [4.69, 9.17) is 10.00 Å². The molecule has 29 heavy (non-hydrogen) atoms. The monoisotopic (exact) mass is 408 g/mol. The van der Waals surface area contributed by atoms with E-state index in [1.54, 1.807) is 37.4 Å². The van der Waals surface area contributed by atoms with Crippen molar-refractivity contribution in [3.63, 3.8) is 0 Å². The van der Waals surface area contributed by atoms with Crippen LogP contribution in [0.5, 0.6) is 0 Å². The predicted molar refractivity (Wildman–Crippen MR) is 110 cm³/mol. The molecular formula is C22H20N2O4S. The van der Waals surface area contributed by atoms with Gasteiger partial charge < -0.3 is 9.30 Å². The van der Waals surface area contributed by atoms with E-state index in [9.17, 15) is 13.8 Å². The molecule has 0 spiro atoms. The topological polar surface area (TPSA) is 89.2 Å². The highest BCUT2D eigenvalue weighted by Crippen LogP contribution is 2.23. The van der Waals surface area contributed by atoms with Gasteiger partial charge in [-0.05, 0) is 18.2 Å². The van der Waals surface area contributed by atoms with Crippen LogP contribution in [0, 0.1) is 11.3 Å². The van der Waals surface area contributed by atoms with Gasteiger partial charge in [0.05, 0.1) is 33.7 Å². The molecule has 0 aliphatic rings. The maximum atomic E-state index is 12.7. The lowest BCUT2D eigenvalue weighted by Crippen LogP contribution is -2.16. The number of aromatic nitrogens is 1. The van der Waals surface area contributed by atoms with Gasteiger partial charge in [0.15, 0.2) is 6.61 Å². The van der Waals surface area contributed by atoms with Crippen molar-refractivity contribution < 1.29 is 18.5 Å². The van der Waals surface area contributed by atoms with Crippen molar-refractivity contribution in [2.24, 2.45) is 0 Å². The Morgan fingerprint density at radius 3 is 2.59 bits per heavy atom. The Balaban J connectivity index is 1.79. The number of benzene rings is 2.